The number of aryl methyl sites for hydroxylation is 1. The lowest BCUT2D eigenvalue weighted by atomic mass is 9.78. The summed E-state index contributed by atoms with van der Waals surface area (Å²) in [5.41, 5.74) is 2.95. The summed E-state index contributed by atoms with van der Waals surface area (Å²) in [6.07, 6.45) is 3.75. The first-order valence-electron chi connectivity index (χ1n) is 9.00. The summed E-state index contributed by atoms with van der Waals surface area (Å²) in [6.45, 7) is 3.62. The smallest absolute Gasteiger partial charge is 0.270 e. The van der Waals surface area contributed by atoms with Gasteiger partial charge in [0.1, 0.15) is 5.69 Å². The molecular formula is C18H24N4O3S. The second kappa shape index (κ2) is 7.09. The van der Waals surface area contributed by atoms with Crippen LogP contribution in [0.5, 0.6) is 0 Å². The second-order valence-corrected chi connectivity index (χ2v) is 7.98. The topological polar surface area (TPSA) is 80.5 Å². The number of ether oxygens (including phenoxy) is 1. The molecule has 2 aromatic rings. The summed E-state index contributed by atoms with van der Waals surface area (Å²) in [4.78, 5) is 18.9. The van der Waals surface area contributed by atoms with E-state index in [-0.39, 0.29) is 23.6 Å². The first kappa shape index (κ1) is 17.6. The first-order chi connectivity index (χ1) is 12.6. The molecule has 3 atom stereocenters. The van der Waals surface area contributed by atoms with Gasteiger partial charge in [-0.25, -0.2) is 4.98 Å². The van der Waals surface area contributed by atoms with E-state index in [1.54, 1.807) is 10.9 Å². The zero-order chi connectivity index (χ0) is 18.1. The largest absolute Gasteiger partial charge is 0.377 e. The number of amides is 1. The molecule has 0 aromatic carbocycles. The second-order valence-electron chi connectivity index (χ2n) is 7.26. The number of hydrogen-bond acceptors (Lipinski definition) is 7. The van der Waals surface area contributed by atoms with Crippen LogP contribution in [0.15, 0.2) is 21.5 Å². The summed E-state index contributed by atoms with van der Waals surface area (Å²) >= 11 is 1.44. The molecule has 4 rings (SSSR count). The van der Waals surface area contributed by atoms with Gasteiger partial charge in [-0.2, -0.15) is 0 Å². The van der Waals surface area contributed by atoms with E-state index in [0.29, 0.717) is 5.69 Å². The molecule has 2 aromatic heterocycles. The first-order valence-corrected chi connectivity index (χ1v) is 9.94. The van der Waals surface area contributed by atoms with Gasteiger partial charge >= 0.3 is 0 Å². The molecule has 140 valence electrons. The molecule has 1 N–H and O–H groups in total. The van der Waals surface area contributed by atoms with Gasteiger partial charge in [-0.3, -0.25) is 9.69 Å². The lowest BCUT2D eigenvalue weighted by Gasteiger charge is -2.43. The van der Waals surface area contributed by atoms with Crippen LogP contribution in [0.4, 0.5) is 0 Å². The van der Waals surface area contributed by atoms with Crippen molar-refractivity contribution in [2.75, 3.05) is 13.7 Å². The SMILES string of the molecule is CO[C@@]12CC[C@@H](NC(=O)c3cscn3)C[C@@H]1N(Cc1cc(C)no1)CC2. The van der Waals surface area contributed by atoms with Crippen LogP contribution in [0, 0.1) is 6.92 Å². The van der Waals surface area contributed by atoms with E-state index in [1.165, 1.54) is 11.3 Å². The van der Waals surface area contributed by atoms with Gasteiger partial charge in [-0.1, -0.05) is 5.16 Å². The fourth-order valence-electron chi connectivity index (χ4n) is 4.38. The van der Waals surface area contributed by atoms with Crippen molar-refractivity contribution >= 4 is 17.2 Å². The van der Waals surface area contributed by atoms with Gasteiger partial charge in [-0.15, -0.1) is 11.3 Å². The van der Waals surface area contributed by atoms with E-state index in [2.05, 4.69) is 20.4 Å². The molecule has 1 aliphatic heterocycles. The highest BCUT2D eigenvalue weighted by Gasteiger charge is 2.51. The number of aromatic nitrogens is 2. The Labute approximate surface area is 156 Å². The van der Waals surface area contributed by atoms with E-state index in [4.69, 9.17) is 9.26 Å². The maximum atomic E-state index is 12.4. The fraction of sp³-hybridized carbons (Fsp3) is 0.611. The average molecular weight is 376 g/mol. The third-order valence-corrected chi connectivity index (χ3v) is 6.32. The molecule has 1 saturated heterocycles. The molecule has 8 heteroatoms. The Hall–Kier alpha value is -1.77. The van der Waals surface area contributed by atoms with Crippen molar-refractivity contribution in [2.45, 2.75) is 56.8 Å². The zero-order valence-electron chi connectivity index (χ0n) is 15.1. The number of rotatable bonds is 5. The molecule has 2 aliphatic rings. The Morgan fingerprint density at radius 1 is 1.54 bits per heavy atom. The van der Waals surface area contributed by atoms with Gasteiger partial charge in [0, 0.05) is 37.2 Å². The summed E-state index contributed by atoms with van der Waals surface area (Å²) in [7, 11) is 1.81. The molecule has 0 unspecified atom stereocenters. The van der Waals surface area contributed by atoms with Crippen molar-refractivity contribution in [3.05, 3.63) is 34.1 Å². The van der Waals surface area contributed by atoms with Gasteiger partial charge in [0.05, 0.1) is 23.4 Å². The van der Waals surface area contributed by atoms with E-state index in [0.717, 1.165) is 50.2 Å². The van der Waals surface area contributed by atoms with Crippen molar-refractivity contribution in [1.82, 2.24) is 20.4 Å². The maximum Gasteiger partial charge on any atom is 0.270 e. The van der Waals surface area contributed by atoms with E-state index in [9.17, 15) is 4.79 Å². The predicted octanol–water partition coefficient (Wildman–Crippen LogP) is 2.38. The van der Waals surface area contributed by atoms with Gasteiger partial charge in [0.2, 0.25) is 0 Å². The average Bonchev–Trinajstić information content (AvgIpc) is 3.37. The molecule has 26 heavy (non-hydrogen) atoms. The van der Waals surface area contributed by atoms with Crippen LogP contribution in [0.1, 0.15) is 47.6 Å². The molecule has 0 bridgehead atoms. The maximum absolute atomic E-state index is 12.4. The van der Waals surface area contributed by atoms with Gasteiger partial charge in [-0.05, 0) is 32.6 Å². The Kier molecular flexibility index (Phi) is 4.81. The Bertz CT molecular complexity index is 762. The lowest BCUT2D eigenvalue weighted by Crippen LogP contribution is -2.54. The number of hydrogen-bond donors (Lipinski definition) is 1. The van der Waals surface area contributed by atoms with Crippen molar-refractivity contribution in [2.24, 2.45) is 0 Å². The number of carbonyl (C=O) groups excluding carboxylic acids is 1. The van der Waals surface area contributed by atoms with Crippen molar-refractivity contribution in [1.29, 1.82) is 0 Å². The van der Waals surface area contributed by atoms with E-state index < -0.39 is 0 Å². The highest BCUT2D eigenvalue weighted by Crippen LogP contribution is 2.43. The number of carbonyl (C=O) groups is 1. The summed E-state index contributed by atoms with van der Waals surface area (Å²) in [6, 6.07) is 2.37. The zero-order valence-corrected chi connectivity index (χ0v) is 15.9. The van der Waals surface area contributed by atoms with Gasteiger partial charge < -0.3 is 14.6 Å². The van der Waals surface area contributed by atoms with Gasteiger partial charge in [0.15, 0.2) is 5.76 Å². The quantitative estimate of drug-likeness (QED) is 0.863. The van der Waals surface area contributed by atoms with Crippen LogP contribution in [0.2, 0.25) is 0 Å². The third-order valence-electron chi connectivity index (χ3n) is 5.74. The van der Waals surface area contributed by atoms with Crippen LogP contribution in [0.3, 0.4) is 0 Å². The molecule has 3 heterocycles. The standard InChI is InChI=1S/C18H24N4O3S/c1-12-7-14(25-21-12)9-22-6-5-18(24-2)4-3-13(8-16(18)22)20-17(23)15-10-26-11-19-15/h7,10-11,13,16H,3-6,8-9H2,1-2H3,(H,20,23)/t13-,16+,18-/m1/s1. The molecule has 0 spiro atoms. The minimum atomic E-state index is -0.128. The molecule has 7 nitrogen and oxygen atoms in total. The number of thiazole rings is 1. The number of likely N-dealkylation sites (tertiary alicyclic amines) is 1. The number of nitrogens with zero attached hydrogens (tertiary/aromatic N) is 3. The van der Waals surface area contributed by atoms with Crippen molar-refractivity contribution in [3.63, 3.8) is 0 Å². The Morgan fingerprint density at radius 2 is 2.42 bits per heavy atom. The fourth-order valence-corrected chi connectivity index (χ4v) is 4.92. The van der Waals surface area contributed by atoms with E-state index in [1.807, 2.05) is 20.1 Å². The summed E-state index contributed by atoms with van der Waals surface area (Å²) in [5.74, 6) is 0.791. The Balaban J connectivity index is 1.46. The molecule has 1 saturated carbocycles. The predicted molar refractivity (Wildman–Crippen MR) is 97.0 cm³/mol. The molecule has 0 radical (unpaired) electrons. The molecule has 2 fully saturated rings. The lowest BCUT2D eigenvalue weighted by molar-refractivity contribution is -0.0685. The normalized spacial score (nSPS) is 28.8. The van der Waals surface area contributed by atoms with Crippen LogP contribution in [-0.2, 0) is 11.3 Å². The molecule has 1 aliphatic carbocycles. The monoisotopic (exact) mass is 376 g/mol. The number of methoxy groups -OCH3 is 1. The van der Waals surface area contributed by atoms with Crippen LogP contribution in [-0.4, -0.2) is 52.3 Å². The number of nitrogens with one attached hydrogen (secondary N) is 1. The van der Waals surface area contributed by atoms with Crippen molar-refractivity contribution < 1.29 is 14.1 Å². The Morgan fingerprint density at radius 3 is 3.12 bits per heavy atom. The molecular weight excluding hydrogens is 352 g/mol. The minimum Gasteiger partial charge on any atom is -0.377 e. The minimum absolute atomic E-state index is 0.0865. The molecule has 1 amide bonds. The highest BCUT2D eigenvalue weighted by atomic mass is 32.1. The third kappa shape index (κ3) is 3.28. The summed E-state index contributed by atoms with van der Waals surface area (Å²) in [5, 5.41) is 8.92. The van der Waals surface area contributed by atoms with Crippen LogP contribution in [0.25, 0.3) is 0 Å². The summed E-state index contributed by atoms with van der Waals surface area (Å²) < 4.78 is 11.4. The van der Waals surface area contributed by atoms with Crippen molar-refractivity contribution in [3.8, 4) is 0 Å². The van der Waals surface area contributed by atoms with E-state index >= 15 is 0 Å². The highest BCUT2D eigenvalue weighted by molar-refractivity contribution is 7.07. The van der Waals surface area contributed by atoms with Crippen LogP contribution >= 0.6 is 11.3 Å². The van der Waals surface area contributed by atoms with Gasteiger partial charge in [0.25, 0.3) is 5.91 Å². The number of fused-ring (bicyclic) bond motifs is 1. The van der Waals surface area contributed by atoms with Crippen LogP contribution < -0.4 is 5.32 Å².